The van der Waals surface area contributed by atoms with Crippen LogP contribution >= 0.6 is 11.6 Å². The van der Waals surface area contributed by atoms with Crippen molar-refractivity contribution in [3.63, 3.8) is 0 Å². The van der Waals surface area contributed by atoms with Gasteiger partial charge in [0.2, 0.25) is 0 Å². The van der Waals surface area contributed by atoms with Crippen molar-refractivity contribution in [2.75, 3.05) is 19.8 Å². The lowest BCUT2D eigenvalue weighted by atomic mass is 10.0. The Hall–Kier alpha value is -0.570. The van der Waals surface area contributed by atoms with Gasteiger partial charge >= 0.3 is 0 Å². The van der Waals surface area contributed by atoms with Crippen molar-refractivity contribution in [3.05, 3.63) is 41.3 Å². The zero-order valence-electron chi connectivity index (χ0n) is 12.1. The summed E-state index contributed by atoms with van der Waals surface area (Å²) in [5.41, 5.74) is 1.22. The van der Waals surface area contributed by atoms with Crippen molar-refractivity contribution in [2.45, 2.75) is 44.6 Å². The molecule has 3 heteroatoms. The normalized spacial score (nSPS) is 19.1. The van der Waals surface area contributed by atoms with Crippen LogP contribution in [0.3, 0.4) is 0 Å². The number of benzene rings is 1. The first kappa shape index (κ1) is 15.8. The molecule has 1 heterocycles. The number of piperidine rings is 1. The standard InChI is InChI=1S/C17H25ClNO/c18-17-11-2-1-7-15(17)8-5-13-20-14-6-10-16-9-3-4-12-19-16/h1-3,7,11,16,19H,4-6,8-10,12-14H2. The minimum Gasteiger partial charge on any atom is -0.381 e. The number of aryl methyl sites for hydroxylation is 1. The highest BCUT2D eigenvalue weighted by atomic mass is 35.5. The van der Waals surface area contributed by atoms with E-state index >= 15 is 0 Å². The molecule has 1 aromatic carbocycles. The van der Waals surface area contributed by atoms with E-state index in [9.17, 15) is 0 Å². The third-order valence-corrected chi connectivity index (χ3v) is 4.14. The lowest BCUT2D eigenvalue weighted by Crippen LogP contribution is -2.34. The second-order valence-corrected chi connectivity index (χ2v) is 5.82. The maximum Gasteiger partial charge on any atom is 0.0469 e. The highest BCUT2D eigenvalue weighted by Gasteiger charge is 2.11. The Labute approximate surface area is 127 Å². The molecule has 1 N–H and O–H groups in total. The fourth-order valence-electron chi connectivity index (χ4n) is 2.61. The Kier molecular flexibility index (Phi) is 7.42. The molecule has 1 radical (unpaired) electrons. The Morgan fingerprint density at radius 1 is 1.20 bits per heavy atom. The number of rotatable bonds is 8. The van der Waals surface area contributed by atoms with Crippen LogP contribution in [-0.4, -0.2) is 25.8 Å². The van der Waals surface area contributed by atoms with Crippen LogP contribution in [-0.2, 0) is 11.2 Å². The minimum atomic E-state index is 0.676. The third kappa shape index (κ3) is 5.82. The molecule has 1 unspecified atom stereocenters. The number of hydrogen-bond donors (Lipinski definition) is 1. The minimum absolute atomic E-state index is 0.676. The van der Waals surface area contributed by atoms with Gasteiger partial charge in [-0.1, -0.05) is 29.8 Å². The van der Waals surface area contributed by atoms with E-state index in [1.165, 1.54) is 24.8 Å². The maximum atomic E-state index is 6.12. The average molecular weight is 295 g/mol. The van der Waals surface area contributed by atoms with Crippen LogP contribution in [0.1, 0.15) is 37.7 Å². The van der Waals surface area contributed by atoms with Crippen molar-refractivity contribution in [1.82, 2.24) is 5.32 Å². The van der Waals surface area contributed by atoms with Gasteiger partial charge in [0.05, 0.1) is 0 Å². The molecule has 1 fully saturated rings. The van der Waals surface area contributed by atoms with E-state index in [0.717, 1.165) is 44.0 Å². The number of nitrogens with one attached hydrogen (secondary N) is 1. The molecule has 0 aliphatic carbocycles. The Balaban J connectivity index is 1.46. The highest BCUT2D eigenvalue weighted by molar-refractivity contribution is 6.31. The van der Waals surface area contributed by atoms with Crippen molar-refractivity contribution in [1.29, 1.82) is 0 Å². The smallest absolute Gasteiger partial charge is 0.0469 e. The SMILES string of the molecule is Clc1ccccc1CCCOCCCC1C[CH]CCN1. The second kappa shape index (κ2) is 9.38. The lowest BCUT2D eigenvalue weighted by molar-refractivity contribution is 0.125. The van der Waals surface area contributed by atoms with Crippen molar-refractivity contribution >= 4 is 11.6 Å². The van der Waals surface area contributed by atoms with Gasteiger partial charge < -0.3 is 10.1 Å². The van der Waals surface area contributed by atoms with Gasteiger partial charge in [-0.2, -0.15) is 0 Å². The van der Waals surface area contributed by atoms with Crippen LogP contribution in [0.2, 0.25) is 5.02 Å². The van der Waals surface area contributed by atoms with Crippen molar-refractivity contribution in [3.8, 4) is 0 Å². The Bertz CT molecular complexity index is 377. The molecule has 1 aliphatic rings. The summed E-state index contributed by atoms with van der Waals surface area (Å²) in [6.45, 7) is 2.85. The van der Waals surface area contributed by atoms with Crippen LogP contribution in [0, 0.1) is 6.42 Å². The van der Waals surface area contributed by atoms with E-state index in [-0.39, 0.29) is 0 Å². The molecule has 0 aromatic heterocycles. The number of halogens is 1. The molecule has 1 aliphatic heterocycles. The fourth-order valence-corrected chi connectivity index (χ4v) is 2.84. The van der Waals surface area contributed by atoms with Gasteiger partial charge in [0.25, 0.3) is 0 Å². The van der Waals surface area contributed by atoms with E-state index in [2.05, 4.69) is 17.8 Å². The number of hydrogen-bond acceptors (Lipinski definition) is 2. The maximum absolute atomic E-state index is 6.12. The molecule has 2 rings (SSSR count). The molecule has 111 valence electrons. The molecule has 1 aromatic rings. The average Bonchev–Trinajstić information content (AvgIpc) is 2.49. The first-order valence-electron chi connectivity index (χ1n) is 7.72. The van der Waals surface area contributed by atoms with Crippen molar-refractivity contribution in [2.24, 2.45) is 0 Å². The molecule has 2 nitrogen and oxygen atoms in total. The predicted molar refractivity (Wildman–Crippen MR) is 85.2 cm³/mol. The second-order valence-electron chi connectivity index (χ2n) is 5.41. The summed E-state index contributed by atoms with van der Waals surface area (Å²) >= 11 is 6.12. The first-order chi connectivity index (χ1) is 9.86. The molecule has 20 heavy (non-hydrogen) atoms. The third-order valence-electron chi connectivity index (χ3n) is 3.77. The Morgan fingerprint density at radius 3 is 2.85 bits per heavy atom. The van der Waals surface area contributed by atoms with E-state index in [4.69, 9.17) is 16.3 Å². The van der Waals surface area contributed by atoms with Crippen LogP contribution < -0.4 is 5.32 Å². The fraction of sp³-hybridized carbons (Fsp3) is 0.588. The predicted octanol–water partition coefficient (Wildman–Crippen LogP) is 4.03. The van der Waals surface area contributed by atoms with E-state index in [1.807, 2.05) is 18.2 Å². The quantitative estimate of drug-likeness (QED) is 0.731. The molecule has 1 atom stereocenters. The van der Waals surface area contributed by atoms with Gasteiger partial charge in [0, 0.05) is 24.3 Å². The van der Waals surface area contributed by atoms with Gasteiger partial charge in [-0.05, 0) is 63.1 Å². The summed E-state index contributed by atoms with van der Waals surface area (Å²) in [5.74, 6) is 0. The van der Waals surface area contributed by atoms with E-state index in [0.29, 0.717) is 6.04 Å². The van der Waals surface area contributed by atoms with Gasteiger partial charge in [0.1, 0.15) is 0 Å². The number of ether oxygens (including phenoxy) is 1. The van der Waals surface area contributed by atoms with Gasteiger partial charge in [-0.3, -0.25) is 0 Å². The summed E-state index contributed by atoms with van der Waals surface area (Å²) in [5, 5.41) is 4.42. The molecular formula is C17H25ClNO. The van der Waals surface area contributed by atoms with Gasteiger partial charge in [-0.25, -0.2) is 0 Å². The molecular weight excluding hydrogens is 270 g/mol. The summed E-state index contributed by atoms with van der Waals surface area (Å²) in [6, 6.07) is 8.73. The lowest BCUT2D eigenvalue weighted by Gasteiger charge is -2.22. The van der Waals surface area contributed by atoms with E-state index < -0.39 is 0 Å². The molecule has 0 spiro atoms. The van der Waals surface area contributed by atoms with Crippen molar-refractivity contribution < 1.29 is 4.74 Å². The van der Waals surface area contributed by atoms with Crippen LogP contribution in [0.15, 0.2) is 24.3 Å². The zero-order valence-corrected chi connectivity index (χ0v) is 12.9. The Morgan fingerprint density at radius 2 is 2.05 bits per heavy atom. The van der Waals surface area contributed by atoms with Crippen LogP contribution in [0.5, 0.6) is 0 Å². The monoisotopic (exact) mass is 294 g/mol. The van der Waals surface area contributed by atoms with Gasteiger partial charge in [0.15, 0.2) is 0 Å². The zero-order chi connectivity index (χ0) is 14.0. The molecule has 1 saturated heterocycles. The molecule has 0 saturated carbocycles. The van der Waals surface area contributed by atoms with Crippen LogP contribution in [0.4, 0.5) is 0 Å². The summed E-state index contributed by atoms with van der Waals surface area (Å²) < 4.78 is 5.71. The van der Waals surface area contributed by atoms with Crippen LogP contribution in [0.25, 0.3) is 0 Å². The van der Waals surface area contributed by atoms with E-state index in [1.54, 1.807) is 0 Å². The topological polar surface area (TPSA) is 21.3 Å². The molecule has 0 amide bonds. The highest BCUT2D eigenvalue weighted by Crippen LogP contribution is 2.16. The largest absolute Gasteiger partial charge is 0.381 e. The molecule has 0 bridgehead atoms. The first-order valence-corrected chi connectivity index (χ1v) is 8.10. The van der Waals surface area contributed by atoms with Gasteiger partial charge in [-0.15, -0.1) is 0 Å². The summed E-state index contributed by atoms with van der Waals surface area (Å²) in [6.07, 6.45) is 9.24. The summed E-state index contributed by atoms with van der Waals surface area (Å²) in [4.78, 5) is 0. The summed E-state index contributed by atoms with van der Waals surface area (Å²) in [7, 11) is 0.